The molecule has 0 atom stereocenters. The Morgan fingerprint density at radius 2 is 2.00 bits per heavy atom. The maximum absolute atomic E-state index is 12.1. The summed E-state index contributed by atoms with van der Waals surface area (Å²) >= 11 is 1.01. The van der Waals surface area contributed by atoms with Crippen molar-refractivity contribution in [2.75, 3.05) is 11.5 Å². The summed E-state index contributed by atoms with van der Waals surface area (Å²) in [5, 5.41) is 35.1. The van der Waals surface area contributed by atoms with Gasteiger partial charge in [-0.3, -0.25) is 4.52 Å². The molecule has 3 rings (SSSR count). The number of aryl methyl sites for hydroxylation is 1. The van der Waals surface area contributed by atoms with Crippen molar-refractivity contribution in [2.45, 2.75) is 5.03 Å². The third-order valence-electron chi connectivity index (χ3n) is 3.61. The van der Waals surface area contributed by atoms with Gasteiger partial charge in [0.15, 0.2) is 12.3 Å². The van der Waals surface area contributed by atoms with Crippen LogP contribution < -0.4 is 15.5 Å². The predicted molar refractivity (Wildman–Crippen MR) is 99.0 cm³/mol. The Morgan fingerprint density at radius 3 is 2.61 bits per heavy atom. The molecule has 9 nitrogen and oxygen atoms in total. The summed E-state index contributed by atoms with van der Waals surface area (Å²) in [4.78, 5) is 7.93. The molecule has 0 saturated heterocycles. The highest BCUT2D eigenvalue weighted by Crippen LogP contribution is 2.35. The van der Waals surface area contributed by atoms with E-state index in [1.54, 1.807) is 31.3 Å². The van der Waals surface area contributed by atoms with Gasteiger partial charge in [-0.1, -0.05) is 46.8 Å². The second-order valence-electron chi connectivity index (χ2n) is 5.52. The first kappa shape index (κ1) is 18.9. The first-order valence-electron chi connectivity index (χ1n) is 7.92. The molecule has 2 N–H and O–H groups in total. The average molecular weight is 391 g/mol. The molecule has 0 aliphatic carbocycles. The van der Waals surface area contributed by atoms with Crippen molar-refractivity contribution in [1.82, 2.24) is 10.3 Å². The number of aliphatic imine (C=N–C) groups is 1. The molecule has 10 heteroatoms. The lowest BCUT2D eigenvalue weighted by atomic mass is 9.97. The largest absolute Gasteiger partial charge is 0.861 e. The molecule has 0 saturated carbocycles. The smallest absolute Gasteiger partial charge is 0.320 e. The zero-order chi connectivity index (χ0) is 20.1. The number of anilines is 1. The van der Waals surface area contributed by atoms with E-state index in [2.05, 4.69) is 21.3 Å². The molecular weight excluding hydrogens is 378 g/mol. The summed E-state index contributed by atoms with van der Waals surface area (Å²) in [5.41, 5.74) is 7.30. The highest BCUT2D eigenvalue weighted by atomic mass is 32.2. The first-order chi connectivity index (χ1) is 13.5. The number of nitrogens with two attached hydrogens (primary N) is 1. The quantitative estimate of drug-likeness (QED) is 0.293. The van der Waals surface area contributed by atoms with E-state index in [4.69, 9.17) is 10.3 Å². The van der Waals surface area contributed by atoms with E-state index in [-0.39, 0.29) is 33.6 Å². The number of thioether (sulfide) groups is 1. The lowest BCUT2D eigenvalue weighted by Gasteiger charge is -2.14. The second kappa shape index (κ2) is 8.20. The van der Waals surface area contributed by atoms with Crippen LogP contribution in [0.1, 0.15) is 11.1 Å². The fraction of sp³-hybridized carbons (Fsp3) is 0.111. The van der Waals surface area contributed by atoms with E-state index < -0.39 is 5.90 Å². The fourth-order valence-corrected chi connectivity index (χ4v) is 3.22. The normalized spacial score (nSPS) is 11.0. The molecule has 0 aliphatic heterocycles. The third kappa shape index (κ3) is 3.92. The standard InChI is InChI=1S/C18H13N7O2S/c1-25-9-15(27-24-25)22-14(26)10-28-18-13(8-20)16(11-5-3-2-4-6-11)12(7-19)17(21)23-18/h2-6,9H,10H2,1H3,(H2-,21,22,23,24,26). The number of rotatable bonds is 5. The van der Waals surface area contributed by atoms with Crippen molar-refractivity contribution in [3.63, 3.8) is 0 Å². The summed E-state index contributed by atoms with van der Waals surface area (Å²) in [6, 6.07) is 13.0. The molecule has 2 aromatic heterocycles. The highest BCUT2D eigenvalue weighted by molar-refractivity contribution is 8.00. The molecule has 3 aromatic rings. The minimum absolute atomic E-state index is 0.00509. The van der Waals surface area contributed by atoms with Gasteiger partial charge >= 0.3 is 5.88 Å². The predicted octanol–water partition coefficient (Wildman–Crippen LogP) is 1.07. The number of nitriles is 2. The van der Waals surface area contributed by atoms with Gasteiger partial charge in [0.25, 0.3) is 6.20 Å². The van der Waals surface area contributed by atoms with Crippen LogP contribution >= 0.6 is 11.8 Å². The van der Waals surface area contributed by atoms with Gasteiger partial charge < -0.3 is 10.8 Å². The van der Waals surface area contributed by atoms with Crippen LogP contribution in [0.15, 0.2) is 51.1 Å². The molecule has 0 aliphatic rings. The van der Waals surface area contributed by atoms with Gasteiger partial charge in [0.05, 0.1) is 5.56 Å². The van der Waals surface area contributed by atoms with E-state index in [1.807, 2.05) is 12.1 Å². The monoisotopic (exact) mass is 391 g/mol. The number of aromatic nitrogens is 3. The van der Waals surface area contributed by atoms with Crippen LogP contribution in [-0.4, -0.2) is 21.9 Å². The number of pyridine rings is 1. The fourth-order valence-electron chi connectivity index (χ4n) is 2.44. The van der Waals surface area contributed by atoms with Gasteiger partial charge in [-0.05, 0) is 11.5 Å². The van der Waals surface area contributed by atoms with Crippen LogP contribution in [0.5, 0.6) is 0 Å². The highest BCUT2D eigenvalue weighted by Gasteiger charge is 2.20. The van der Waals surface area contributed by atoms with E-state index in [9.17, 15) is 15.6 Å². The van der Waals surface area contributed by atoms with Crippen molar-refractivity contribution in [3.05, 3.63) is 47.7 Å². The minimum Gasteiger partial charge on any atom is -0.861 e. The van der Waals surface area contributed by atoms with E-state index >= 15 is 0 Å². The van der Waals surface area contributed by atoms with Crippen molar-refractivity contribution >= 4 is 29.4 Å². The van der Waals surface area contributed by atoms with Crippen LogP contribution in [0.2, 0.25) is 0 Å². The Labute approximate surface area is 164 Å². The van der Waals surface area contributed by atoms with Crippen LogP contribution in [0, 0.1) is 22.7 Å². The zero-order valence-electron chi connectivity index (χ0n) is 14.7. The Kier molecular flexibility index (Phi) is 5.53. The van der Waals surface area contributed by atoms with Crippen molar-refractivity contribution in [3.8, 4) is 23.3 Å². The van der Waals surface area contributed by atoms with Crippen molar-refractivity contribution in [1.29, 1.82) is 10.5 Å². The molecular formula is C18H13N7O2S. The number of benzene rings is 1. The molecule has 0 spiro atoms. The van der Waals surface area contributed by atoms with Gasteiger partial charge in [0, 0.05) is 11.3 Å². The summed E-state index contributed by atoms with van der Waals surface area (Å²) in [5.74, 6) is -0.511. The van der Waals surface area contributed by atoms with E-state index in [0.717, 1.165) is 11.8 Å². The van der Waals surface area contributed by atoms with Gasteiger partial charge in [-0.15, -0.1) is 0 Å². The summed E-state index contributed by atoms with van der Waals surface area (Å²) in [6.45, 7) is 0. The summed E-state index contributed by atoms with van der Waals surface area (Å²) < 4.78 is 6.23. The lowest BCUT2D eigenvalue weighted by molar-refractivity contribution is -0.739. The molecule has 0 fully saturated rings. The maximum atomic E-state index is 12.1. The average Bonchev–Trinajstić information content (AvgIpc) is 3.10. The SMILES string of the molecule is C[n+]1cc(/N=C(\[O-])CSc2nc(N)c(C#N)c(-c3ccccc3)c2C#N)on1. The Hall–Kier alpha value is -3.89. The van der Waals surface area contributed by atoms with Crippen molar-refractivity contribution in [2.24, 2.45) is 12.0 Å². The van der Waals surface area contributed by atoms with Crippen LogP contribution in [0.3, 0.4) is 0 Å². The Morgan fingerprint density at radius 1 is 1.29 bits per heavy atom. The molecule has 0 amide bonds. The summed E-state index contributed by atoms with van der Waals surface area (Å²) in [7, 11) is 1.63. The lowest BCUT2D eigenvalue weighted by Crippen LogP contribution is -2.27. The third-order valence-corrected chi connectivity index (χ3v) is 4.57. The van der Waals surface area contributed by atoms with Crippen LogP contribution in [0.25, 0.3) is 11.1 Å². The van der Waals surface area contributed by atoms with Crippen molar-refractivity contribution < 1.29 is 14.3 Å². The maximum Gasteiger partial charge on any atom is 0.320 e. The van der Waals surface area contributed by atoms with Gasteiger partial charge in [0.1, 0.15) is 28.5 Å². The van der Waals surface area contributed by atoms with Gasteiger partial charge in [-0.2, -0.15) is 10.5 Å². The molecule has 0 unspecified atom stereocenters. The minimum atomic E-state index is -0.489. The Bertz CT molecular complexity index is 1130. The molecule has 138 valence electrons. The number of hydrogen-bond donors (Lipinski definition) is 1. The van der Waals surface area contributed by atoms with E-state index in [1.165, 1.54) is 10.9 Å². The molecule has 0 radical (unpaired) electrons. The molecule has 28 heavy (non-hydrogen) atoms. The van der Waals surface area contributed by atoms with Gasteiger partial charge in [-0.25, -0.2) is 9.98 Å². The Balaban J connectivity index is 1.98. The van der Waals surface area contributed by atoms with Crippen LogP contribution in [0.4, 0.5) is 11.7 Å². The first-order valence-corrected chi connectivity index (χ1v) is 8.91. The second-order valence-corrected chi connectivity index (χ2v) is 6.49. The number of nitrogens with zero attached hydrogens (tertiary/aromatic N) is 6. The number of nitrogen functional groups attached to an aromatic ring is 1. The molecule has 0 bridgehead atoms. The molecule has 1 aromatic carbocycles. The molecule has 2 heterocycles. The number of hydrogen-bond acceptors (Lipinski definition) is 9. The zero-order valence-corrected chi connectivity index (χ0v) is 15.5. The topological polar surface area (TPSA) is 152 Å². The van der Waals surface area contributed by atoms with Crippen LogP contribution in [-0.2, 0) is 7.05 Å². The van der Waals surface area contributed by atoms with E-state index in [0.29, 0.717) is 11.1 Å². The summed E-state index contributed by atoms with van der Waals surface area (Å²) in [6.07, 6.45) is 1.45. The van der Waals surface area contributed by atoms with Gasteiger partial charge in [0.2, 0.25) is 0 Å².